The topological polar surface area (TPSA) is 54.9 Å². The average Bonchev–Trinajstić information content (AvgIpc) is 3.17. The van der Waals surface area contributed by atoms with Gasteiger partial charge in [-0.15, -0.1) is 11.3 Å². The van der Waals surface area contributed by atoms with E-state index in [-0.39, 0.29) is 5.91 Å². The van der Waals surface area contributed by atoms with Crippen LogP contribution >= 0.6 is 11.3 Å². The quantitative estimate of drug-likeness (QED) is 0.494. The molecule has 4 rings (SSSR count). The Bertz CT molecular complexity index is 1060. The second-order valence-corrected chi connectivity index (χ2v) is 8.39. The molecule has 2 heterocycles. The Morgan fingerprint density at radius 3 is 2.52 bits per heavy atom. The van der Waals surface area contributed by atoms with Crippen LogP contribution in [0.15, 0.2) is 79.0 Å². The molecule has 0 spiro atoms. The summed E-state index contributed by atoms with van der Waals surface area (Å²) in [6.07, 6.45) is 3.04. The molecule has 0 aliphatic heterocycles. The molecule has 4 aromatic rings. The third-order valence-corrected chi connectivity index (χ3v) is 6.18. The highest BCUT2D eigenvalue weighted by molar-refractivity contribution is 7.18. The number of amides is 1. The molecular weight excluding hydrogens is 378 g/mol. The number of pyridine rings is 1. The van der Waals surface area contributed by atoms with Gasteiger partial charge in [-0.1, -0.05) is 48.5 Å². The van der Waals surface area contributed by atoms with Gasteiger partial charge in [0.2, 0.25) is 5.91 Å². The van der Waals surface area contributed by atoms with Gasteiger partial charge in [0.05, 0.1) is 20.6 Å². The standard InChI is InChI=1S/C24H23N3OS/c1-24(18-9-3-2-4-10-18,17-22-27-20-12-5-6-13-21(20)29-22)23(28)26-16-14-19-11-7-8-15-25-19/h2-13,15H,14,16-17H2,1H3,(H,26,28)/t24-/m1/s1. The number of nitrogens with zero attached hydrogens (tertiary/aromatic N) is 2. The van der Waals surface area contributed by atoms with E-state index in [9.17, 15) is 4.79 Å². The molecule has 0 unspecified atom stereocenters. The Labute approximate surface area is 174 Å². The molecule has 0 bridgehead atoms. The number of para-hydroxylation sites is 1. The van der Waals surface area contributed by atoms with Gasteiger partial charge in [-0.05, 0) is 36.8 Å². The Hall–Kier alpha value is -3.05. The largest absolute Gasteiger partial charge is 0.355 e. The van der Waals surface area contributed by atoms with Gasteiger partial charge in [-0.25, -0.2) is 4.98 Å². The van der Waals surface area contributed by atoms with E-state index in [0.29, 0.717) is 19.4 Å². The number of hydrogen-bond acceptors (Lipinski definition) is 4. The van der Waals surface area contributed by atoms with Crippen LogP contribution in [-0.2, 0) is 23.1 Å². The molecular formula is C24H23N3OS. The normalized spacial score (nSPS) is 13.1. The van der Waals surface area contributed by atoms with E-state index in [2.05, 4.69) is 16.4 Å². The van der Waals surface area contributed by atoms with Crippen LogP contribution in [0.5, 0.6) is 0 Å². The van der Waals surface area contributed by atoms with Crippen molar-refractivity contribution < 1.29 is 4.79 Å². The predicted octanol–water partition coefficient (Wildman–Crippen LogP) is 4.55. The lowest BCUT2D eigenvalue weighted by molar-refractivity contribution is -0.126. The fourth-order valence-corrected chi connectivity index (χ4v) is 4.59. The lowest BCUT2D eigenvalue weighted by atomic mass is 9.78. The predicted molar refractivity (Wildman–Crippen MR) is 118 cm³/mol. The van der Waals surface area contributed by atoms with E-state index < -0.39 is 5.41 Å². The number of hydrogen-bond donors (Lipinski definition) is 1. The number of benzene rings is 2. The highest BCUT2D eigenvalue weighted by Crippen LogP contribution is 2.32. The van der Waals surface area contributed by atoms with E-state index in [1.165, 1.54) is 0 Å². The molecule has 1 N–H and O–H groups in total. The van der Waals surface area contributed by atoms with Gasteiger partial charge in [0.15, 0.2) is 0 Å². The van der Waals surface area contributed by atoms with Gasteiger partial charge in [0.25, 0.3) is 0 Å². The summed E-state index contributed by atoms with van der Waals surface area (Å²) in [5, 5.41) is 4.09. The van der Waals surface area contributed by atoms with Gasteiger partial charge < -0.3 is 5.32 Å². The van der Waals surface area contributed by atoms with Crippen molar-refractivity contribution in [3.8, 4) is 0 Å². The second-order valence-electron chi connectivity index (χ2n) is 7.28. The molecule has 146 valence electrons. The Morgan fingerprint density at radius 2 is 1.76 bits per heavy atom. The van der Waals surface area contributed by atoms with Crippen LogP contribution in [0.4, 0.5) is 0 Å². The molecule has 0 saturated carbocycles. The average molecular weight is 402 g/mol. The summed E-state index contributed by atoms with van der Waals surface area (Å²) in [7, 11) is 0. The first kappa shape index (κ1) is 19.3. The first-order valence-electron chi connectivity index (χ1n) is 9.73. The number of aromatic nitrogens is 2. The van der Waals surface area contributed by atoms with Crippen molar-refractivity contribution in [3.63, 3.8) is 0 Å². The smallest absolute Gasteiger partial charge is 0.230 e. The Balaban J connectivity index is 1.55. The molecule has 0 fully saturated rings. The molecule has 5 heteroatoms. The second kappa shape index (κ2) is 8.53. The monoisotopic (exact) mass is 401 g/mol. The van der Waals surface area contributed by atoms with Crippen LogP contribution in [0, 0.1) is 0 Å². The zero-order valence-electron chi connectivity index (χ0n) is 16.3. The summed E-state index contributed by atoms with van der Waals surface area (Å²) in [6.45, 7) is 2.56. The minimum absolute atomic E-state index is 0.0129. The first-order chi connectivity index (χ1) is 14.1. The van der Waals surface area contributed by atoms with Crippen LogP contribution in [0.2, 0.25) is 0 Å². The molecule has 2 aromatic carbocycles. The van der Waals surface area contributed by atoms with Gasteiger partial charge >= 0.3 is 0 Å². The molecule has 2 aromatic heterocycles. The summed E-state index contributed by atoms with van der Waals surface area (Å²) in [5.74, 6) is 0.0129. The van der Waals surface area contributed by atoms with Crippen molar-refractivity contribution in [2.24, 2.45) is 0 Å². The summed E-state index contributed by atoms with van der Waals surface area (Å²) in [6, 6.07) is 23.9. The molecule has 0 aliphatic rings. The van der Waals surface area contributed by atoms with Gasteiger partial charge in [0.1, 0.15) is 0 Å². The van der Waals surface area contributed by atoms with Crippen molar-refractivity contribution in [2.45, 2.75) is 25.2 Å². The molecule has 1 atom stereocenters. The summed E-state index contributed by atoms with van der Waals surface area (Å²) in [5.41, 5.74) is 2.26. The first-order valence-corrected chi connectivity index (χ1v) is 10.5. The summed E-state index contributed by atoms with van der Waals surface area (Å²) < 4.78 is 1.15. The van der Waals surface area contributed by atoms with Gasteiger partial charge in [-0.2, -0.15) is 0 Å². The zero-order chi connectivity index (χ0) is 20.1. The van der Waals surface area contributed by atoms with E-state index in [1.54, 1.807) is 17.5 Å². The van der Waals surface area contributed by atoms with Crippen molar-refractivity contribution in [1.29, 1.82) is 0 Å². The van der Waals surface area contributed by atoms with Crippen molar-refractivity contribution in [2.75, 3.05) is 6.54 Å². The fraction of sp³-hybridized carbons (Fsp3) is 0.208. The van der Waals surface area contributed by atoms with Gasteiger partial charge in [-0.3, -0.25) is 9.78 Å². The Morgan fingerprint density at radius 1 is 1.00 bits per heavy atom. The number of nitrogens with one attached hydrogen (secondary N) is 1. The minimum atomic E-state index is -0.695. The SMILES string of the molecule is C[C@](Cc1nc2ccccc2s1)(C(=O)NCCc1ccccn1)c1ccccc1. The van der Waals surface area contributed by atoms with E-state index in [0.717, 1.165) is 26.5 Å². The maximum absolute atomic E-state index is 13.3. The van der Waals surface area contributed by atoms with E-state index in [1.807, 2.05) is 73.7 Å². The molecule has 0 radical (unpaired) electrons. The van der Waals surface area contributed by atoms with Crippen LogP contribution in [0.25, 0.3) is 10.2 Å². The number of rotatable bonds is 7. The number of fused-ring (bicyclic) bond motifs is 1. The maximum atomic E-state index is 13.3. The van der Waals surface area contributed by atoms with E-state index in [4.69, 9.17) is 4.98 Å². The molecule has 4 nitrogen and oxygen atoms in total. The van der Waals surface area contributed by atoms with Crippen LogP contribution in [0.1, 0.15) is 23.2 Å². The molecule has 0 aliphatic carbocycles. The molecule has 0 saturated heterocycles. The Kier molecular flexibility index (Phi) is 5.67. The van der Waals surface area contributed by atoms with Crippen LogP contribution < -0.4 is 5.32 Å². The van der Waals surface area contributed by atoms with Crippen LogP contribution in [0.3, 0.4) is 0 Å². The highest BCUT2D eigenvalue weighted by Gasteiger charge is 2.36. The lowest BCUT2D eigenvalue weighted by Gasteiger charge is -2.28. The number of carbonyl (C=O) groups is 1. The fourth-order valence-electron chi connectivity index (χ4n) is 3.46. The summed E-state index contributed by atoms with van der Waals surface area (Å²) >= 11 is 1.66. The molecule has 29 heavy (non-hydrogen) atoms. The van der Waals surface area contributed by atoms with Crippen molar-refractivity contribution >= 4 is 27.5 Å². The maximum Gasteiger partial charge on any atom is 0.230 e. The van der Waals surface area contributed by atoms with Crippen molar-refractivity contribution in [3.05, 3.63) is 95.3 Å². The summed E-state index contributed by atoms with van der Waals surface area (Å²) in [4.78, 5) is 22.4. The van der Waals surface area contributed by atoms with E-state index >= 15 is 0 Å². The zero-order valence-corrected chi connectivity index (χ0v) is 17.2. The third kappa shape index (κ3) is 4.35. The third-order valence-electron chi connectivity index (χ3n) is 5.15. The minimum Gasteiger partial charge on any atom is -0.355 e. The molecule has 1 amide bonds. The lowest BCUT2D eigenvalue weighted by Crippen LogP contribution is -2.44. The van der Waals surface area contributed by atoms with Gasteiger partial charge in [0, 0.05) is 31.3 Å². The van der Waals surface area contributed by atoms with Crippen LogP contribution in [-0.4, -0.2) is 22.4 Å². The number of carbonyl (C=O) groups excluding carboxylic acids is 1. The van der Waals surface area contributed by atoms with Crippen molar-refractivity contribution in [1.82, 2.24) is 15.3 Å². The number of thiazole rings is 1. The highest BCUT2D eigenvalue weighted by atomic mass is 32.1.